The molecular formula is C23H34N4O3S. The summed E-state index contributed by atoms with van der Waals surface area (Å²) < 4.78 is 0. The number of carbonyl (C=O) groups excluding carboxylic acids is 2. The van der Waals surface area contributed by atoms with Gasteiger partial charge in [0, 0.05) is 35.2 Å². The summed E-state index contributed by atoms with van der Waals surface area (Å²) in [5.41, 5.74) is 6.77. The van der Waals surface area contributed by atoms with E-state index in [1.54, 1.807) is 17.5 Å². The van der Waals surface area contributed by atoms with Gasteiger partial charge in [-0.05, 0) is 37.1 Å². The average molecular weight is 447 g/mol. The second-order valence-corrected chi connectivity index (χ2v) is 10.9. The Morgan fingerprint density at radius 1 is 1.00 bits per heavy atom. The first-order chi connectivity index (χ1) is 14.1. The molecule has 0 atom stereocenters. The van der Waals surface area contributed by atoms with E-state index in [4.69, 9.17) is 5.73 Å². The number of anilines is 1. The molecule has 31 heavy (non-hydrogen) atoms. The Morgan fingerprint density at radius 3 is 1.90 bits per heavy atom. The van der Waals surface area contributed by atoms with Crippen LogP contribution >= 0.6 is 11.3 Å². The summed E-state index contributed by atoms with van der Waals surface area (Å²) in [7, 11) is 3.76. The van der Waals surface area contributed by atoms with Crippen molar-refractivity contribution < 1.29 is 14.7 Å². The van der Waals surface area contributed by atoms with Crippen LogP contribution in [-0.2, 0) is 10.8 Å². The van der Waals surface area contributed by atoms with Crippen LogP contribution in [0.15, 0.2) is 17.5 Å². The van der Waals surface area contributed by atoms with E-state index in [2.05, 4.69) is 4.98 Å². The molecule has 0 aliphatic heterocycles. The lowest BCUT2D eigenvalue weighted by molar-refractivity contribution is 0.0603. The number of nitrogens with zero attached hydrogens (tertiary/aromatic N) is 3. The van der Waals surface area contributed by atoms with Crippen LogP contribution in [0.1, 0.15) is 73.5 Å². The number of benzene rings is 1. The molecule has 0 bridgehead atoms. The summed E-state index contributed by atoms with van der Waals surface area (Å²) in [6.07, 6.45) is 0. The predicted molar refractivity (Wildman–Crippen MR) is 126 cm³/mol. The molecule has 2 aromatic rings. The van der Waals surface area contributed by atoms with Crippen LogP contribution in [0.2, 0.25) is 0 Å². The molecule has 1 aromatic carbocycles. The Kier molecular flexibility index (Phi) is 7.17. The minimum absolute atomic E-state index is 0.153. The third-order valence-corrected chi connectivity index (χ3v) is 5.65. The number of nitrogens with two attached hydrogens (primary N) is 1. The zero-order valence-electron chi connectivity index (χ0n) is 19.7. The van der Waals surface area contributed by atoms with Gasteiger partial charge in [-0.2, -0.15) is 0 Å². The molecule has 0 unspecified atom stereocenters. The lowest BCUT2D eigenvalue weighted by Crippen LogP contribution is -2.41. The predicted octanol–water partition coefficient (Wildman–Crippen LogP) is 3.87. The van der Waals surface area contributed by atoms with Gasteiger partial charge in [-0.1, -0.05) is 41.5 Å². The van der Waals surface area contributed by atoms with Gasteiger partial charge >= 0.3 is 0 Å². The molecule has 0 aliphatic rings. The highest BCUT2D eigenvalue weighted by Gasteiger charge is 2.31. The van der Waals surface area contributed by atoms with E-state index >= 15 is 0 Å². The zero-order valence-corrected chi connectivity index (χ0v) is 20.6. The molecule has 0 saturated heterocycles. The number of aromatic hydroxyl groups is 1. The number of rotatable bonds is 5. The Bertz CT molecular complexity index is 933. The number of hydrogen-bond donors (Lipinski definition) is 2. The van der Waals surface area contributed by atoms with E-state index in [-0.39, 0.29) is 33.9 Å². The van der Waals surface area contributed by atoms with Crippen LogP contribution < -0.4 is 5.73 Å². The molecule has 8 heteroatoms. The Balaban J connectivity index is 2.60. The van der Waals surface area contributed by atoms with E-state index < -0.39 is 11.8 Å². The quantitative estimate of drug-likeness (QED) is 0.677. The fourth-order valence-corrected chi connectivity index (χ4v) is 3.71. The lowest BCUT2D eigenvalue weighted by atomic mass is 9.78. The highest BCUT2D eigenvalue weighted by molar-refractivity contribution is 7.13. The standard InChI is InChI=1S/C23H34N4O3S/c1-22(2,3)15-11-14(12-16(18(15)28)23(4,5)6)19(29)27(10-9-26(7)8)20(30)17-13-31-21(24)25-17/h11-13,28H,9-10H2,1-8H3,(H2,24,25). The highest BCUT2D eigenvalue weighted by atomic mass is 32.1. The molecule has 1 aromatic heterocycles. The molecule has 1 heterocycles. The van der Waals surface area contributed by atoms with Crippen LogP contribution in [0.3, 0.4) is 0 Å². The Morgan fingerprint density at radius 2 is 1.52 bits per heavy atom. The Labute approximate surface area is 188 Å². The normalized spacial score (nSPS) is 12.3. The number of likely N-dealkylation sites (N-methyl/N-ethyl adjacent to an activating group) is 1. The van der Waals surface area contributed by atoms with Crippen molar-refractivity contribution in [1.29, 1.82) is 0 Å². The van der Waals surface area contributed by atoms with Gasteiger partial charge in [-0.15, -0.1) is 11.3 Å². The maximum Gasteiger partial charge on any atom is 0.280 e. The fourth-order valence-electron chi connectivity index (χ4n) is 3.18. The molecule has 0 spiro atoms. The molecule has 0 saturated carbocycles. The van der Waals surface area contributed by atoms with E-state index in [0.29, 0.717) is 23.2 Å². The van der Waals surface area contributed by atoms with Crippen molar-refractivity contribution in [2.75, 3.05) is 32.9 Å². The summed E-state index contributed by atoms with van der Waals surface area (Å²) in [6, 6.07) is 3.39. The average Bonchev–Trinajstić information content (AvgIpc) is 3.05. The number of carbonyl (C=O) groups is 2. The summed E-state index contributed by atoms with van der Waals surface area (Å²) in [5, 5.41) is 12.8. The van der Waals surface area contributed by atoms with Crippen LogP contribution in [0.4, 0.5) is 5.13 Å². The minimum Gasteiger partial charge on any atom is -0.507 e. The van der Waals surface area contributed by atoms with Crippen molar-refractivity contribution in [2.45, 2.75) is 52.4 Å². The fraction of sp³-hybridized carbons (Fsp3) is 0.522. The third kappa shape index (κ3) is 5.83. The van der Waals surface area contributed by atoms with E-state index in [1.807, 2.05) is 60.5 Å². The third-order valence-electron chi connectivity index (χ3n) is 4.98. The largest absolute Gasteiger partial charge is 0.507 e. The highest BCUT2D eigenvalue weighted by Crippen LogP contribution is 2.40. The number of hydrogen-bond acceptors (Lipinski definition) is 7. The summed E-state index contributed by atoms with van der Waals surface area (Å²) in [4.78, 5) is 33.9. The van der Waals surface area contributed by atoms with E-state index in [1.165, 1.54) is 4.90 Å². The van der Waals surface area contributed by atoms with Gasteiger partial charge in [0.1, 0.15) is 11.4 Å². The van der Waals surface area contributed by atoms with Gasteiger partial charge in [-0.25, -0.2) is 4.98 Å². The van der Waals surface area contributed by atoms with Crippen molar-refractivity contribution in [3.05, 3.63) is 39.9 Å². The van der Waals surface area contributed by atoms with Gasteiger partial charge < -0.3 is 15.7 Å². The molecule has 7 nitrogen and oxygen atoms in total. The molecule has 2 rings (SSSR count). The number of amides is 2. The first kappa shape index (κ1) is 24.8. The summed E-state index contributed by atoms with van der Waals surface area (Å²) >= 11 is 1.16. The number of thiazole rings is 1. The maximum absolute atomic E-state index is 13.6. The molecule has 0 radical (unpaired) electrons. The molecule has 0 fully saturated rings. The number of nitrogen functional groups attached to an aromatic ring is 1. The first-order valence-electron chi connectivity index (χ1n) is 10.2. The molecule has 3 N–H and O–H groups in total. The van der Waals surface area contributed by atoms with Crippen molar-refractivity contribution >= 4 is 28.3 Å². The minimum atomic E-state index is -0.484. The van der Waals surface area contributed by atoms with Crippen LogP contribution in [-0.4, -0.2) is 58.9 Å². The molecule has 2 amide bonds. The van der Waals surface area contributed by atoms with E-state index in [0.717, 1.165) is 11.3 Å². The molecular weight excluding hydrogens is 412 g/mol. The van der Waals surface area contributed by atoms with Gasteiger partial charge in [0.05, 0.1) is 0 Å². The van der Waals surface area contributed by atoms with Gasteiger partial charge in [0.2, 0.25) is 0 Å². The number of phenolic OH excluding ortho intramolecular Hbond substituents is 1. The molecule has 0 aliphatic carbocycles. The monoisotopic (exact) mass is 446 g/mol. The smallest absolute Gasteiger partial charge is 0.280 e. The van der Waals surface area contributed by atoms with Crippen molar-refractivity contribution in [3.63, 3.8) is 0 Å². The topological polar surface area (TPSA) is 99.8 Å². The van der Waals surface area contributed by atoms with Gasteiger partial charge in [0.15, 0.2) is 5.13 Å². The van der Waals surface area contributed by atoms with Crippen LogP contribution in [0, 0.1) is 0 Å². The summed E-state index contributed by atoms with van der Waals surface area (Å²) in [5.74, 6) is -0.716. The van der Waals surface area contributed by atoms with Crippen LogP contribution in [0.5, 0.6) is 5.75 Å². The van der Waals surface area contributed by atoms with Crippen molar-refractivity contribution in [1.82, 2.24) is 14.8 Å². The number of phenols is 1. The van der Waals surface area contributed by atoms with Crippen molar-refractivity contribution in [2.24, 2.45) is 0 Å². The summed E-state index contributed by atoms with van der Waals surface area (Å²) in [6.45, 7) is 12.6. The van der Waals surface area contributed by atoms with Crippen LogP contribution in [0.25, 0.3) is 0 Å². The number of aromatic nitrogens is 1. The number of imide groups is 1. The zero-order chi connectivity index (χ0) is 23.7. The lowest BCUT2D eigenvalue weighted by Gasteiger charge is -2.29. The van der Waals surface area contributed by atoms with Gasteiger partial charge in [-0.3, -0.25) is 14.5 Å². The first-order valence-corrected chi connectivity index (χ1v) is 11.1. The molecule has 170 valence electrons. The SMILES string of the molecule is CN(C)CCN(C(=O)c1cc(C(C)(C)C)c(O)c(C(C)(C)C)c1)C(=O)c1csc(N)n1. The van der Waals surface area contributed by atoms with Gasteiger partial charge in [0.25, 0.3) is 11.8 Å². The Hall–Kier alpha value is -2.45. The second-order valence-electron chi connectivity index (χ2n) is 10.1. The van der Waals surface area contributed by atoms with E-state index in [9.17, 15) is 14.7 Å². The van der Waals surface area contributed by atoms with Crippen molar-refractivity contribution in [3.8, 4) is 5.75 Å². The second kappa shape index (κ2) is 8.96. The maximum atomic E-state index is 13.6.